The molecular weight excluding hydrogens is 254 g/mol. The average Bonchev–Trinajstić information content (AvgIpc) is 2.69. The Labute approximate surface area is 127 Å². The van der Waals surface area contributed by atoms with Crippen molar-refractivity contribution < 1.29 is 0 Å². The van der Waals surface area contributed by atoms with Crippen molar-refractivity contribution in [2.24, 2.45) is 0 Å². The molecule has 1 heterocycles. The molecule has 2 aliphatic carbocycles. The molecule has 21 heavy (non-hydrogen) atoms. The lowest BCUT2D eigenvalue weighted by Gasteiger charge is -2.33. The van der Waals surface area contributed by atoms with E-state index >= 15 is 0 Å². The molecule has 2 atom stereocenters. The highest BCUT2D eigenvalue weighted by Crippen LogP contribution is 2.42. The number of hydrogen-bond donors (Lipinski definition) is 0. The summed E-state index contributed by atoms with van der Waals surface area (Å²) in [5.41, 5.74) is 4.81. The van der Waals surface area contributed by atoms with Crippen molar-refractivity contribution in [3.05, 3.63) is 71.3 Å². The monoisotopic (exact) mass is 277 g/mol. The Hall–Kier alpha value is -1.60. The van der Waals surface area contributed by atoms with Crippen molar-refractivity contribution in [3.8, 4) is 0 Å². The van der Waals surface area contributed by atoms with Crippen LogP contribution < -0.4 is 0 Å². The Balaban J connectivity index is 1.67. The quantitative estimate of drug-likeness (QED) is 0.762. The molecule has 4 rings (SSSR count). The number of hydrogen-bond acceptors (Lipinski definition) is 1. The van der Waals surface area contributed by atoms with E-state index in [-0.39, 0.29) is 0 Å². The Morgan fingerprint density at radius 3 is 2.81 bits per heavy atom. The molecule has 1 saturated carbocycles. The summed E-state index contributed by atoms with van der Waals surface area (Å²) in [7, 11) is 0. The van der Waals surface area contributed by atoms with Crippen molar-refractivity contribution in [2.75, 3.05) is 0 Å². The third kappa shape index (κ3) is 2.40. The topological polar surface area (TPSA) is 3.24 Å². The van der Waals surface area contributed by atoms with Crippen molar-refractivity contribution >= 4 is 0 Å². The van der Waals surface area contributed by atoms with Crippen LogP contribution in [0.4, 0.5) is 0 Å². The van der Waals surface area contributed by atoms with Gasteiger partial charge in [-0.3, -0.25) is 4.90 Å². The third-order valence-electron chi connectivity index (χ3n) is 5.20. The molecule has 108 valence electrons. The van der Waals surface area contributed by atoms with Crippen LogP contribution >= 0.6 is 0 Å². The summed E-state index contributed by atoms with van der Waals surface area (Å²) in [4.78, 5) is 2.76. The van der Waals surface area contributed by atoms with Crippen molar-refractivity contribution in [3.63, 3.8) is 0 Å². The van der Waals surface area contributed by atoms with Gasteiger partial charge in [0.2, 0.25) is 0 Å². The first-order valence-corrected chi connectivity index (χ1v) is 8.29. The van der Waals surface area contributed by atoms with E-state index in [1.54, 1.807) is 11.1 Å². The highest BCUT2D eigenvalue weighted by atomic mass is 15.2. The number of rotatable bonds is 2. The van der Waals surface area contributed by atoms with Crippen LogP contribution in [0.15, 0.2) is 65.8 Å². The van der Waals surface area contributed by atoms with Gasteiger partial charge in [-0.25, -0.2) is 0 Å². The second-order valence-corrected chi connectivity index (χ2v) is 6.44. The molecule has 0 spiro atoms. The lowest BCUT2D eigenvalue weighted by molar-refractivity contribution is 0.174. The fraction of sp³-hybridized carbons (Fsp3) is 0.400. The molecule has 0 saturated heterocycles. The summed E-state index contributed by atoms with van der Waals surface area (Å²) in [5, 5.41) is 0. The van der Waals surface area contributed by atoms with Crippen molar-refractivity contribution in [1.29, 1.82) is 0 Å². The highest BCUT2D eigenvalue weighted by Gasteiger charge is 2.39. The van der Waals surface area contributed by atoms with E-state index in [4.69, 9.17) is 0 Å². The van der Waals surface area contributed by atoms with Crippen molar-refractivity contribution in [2.45, 2.75) is 50.7 Å². The molecule has 2 unspecified atom stereocenters. The van der Waals surface area contributed by atoms with Crippen LogP contribution in [0.3, 0.4) is 0 Å². The molecule has 0 amide bonds. The Morgan fingerprint density at radius 2 is 1.90 bits per heavy atom. The lowest BCUT2D eigenvalue weighted by atomic mass is 9.88. The Morgan fingerprint density at radius 1 is 1.00 bits per heavy atom. The summed E-state index contributed by atoms with van der Waals surface area (Å²) >= 11 is 0. The van der Waals surface area contributed by atoms with E-state index in [0.717, 1.165) is 13.0 Å². The fourth-order valence-corrected chi connectivity index (χ4v) is 4.25. The molecule has 0 N–H and O–H groups in total. The Kier molecular flexibility index (Phi) is 3.52. The maximum Gasteiger partial charge on any atom is 0.0392 e. The number of nitrogens with zero attached hydrogens (tertiary/aromatic N) is 1. The summed E-state index contributed by atoms with van der Waals surface area (Å²) in [6, 6.07) is 12.3. The van der Waals surface area contributed by atoms with Gasteiger partial charge >= 0.3 is 0 Å². The predicted molar refractivity (Wildman–Crippen MR) is 88.0 cm³/mol. The summed E-state index contributed by atoms with van der Waals surface area (Å²) in [6.45, 7) is 1.09. The van der Waals surface area contributed by atoms with E-state index in [9.17, 15) is 0 Å². The molecule has 3 aliphatic rings. The highest BCUT2D eigenvalue weighted by molar-refractivity contribution is 5.43. The standard InChI is InChI=1S/C20H23N/c1-3-9-16(10-4-1)15-21-19-13-6-2-5-11-17(19)18-12-7-8-14-20(18)21/h1-6,9-11,19-20H,7-8,12-15H2. The number of allylic oxidation sites excluding steroid dienone is 2. The van der Waals surface area contributed by atoms with Crippen molar-refractivity contribution in [1.82, 2.24) is 4.90 Å². The van der Waals surface area contributed by atoms with Crippen LogP contribution in [0.25, 0.3) is 0 Å². The number of benzene rings is 1. The maximum atomic E-state index is 2.76. The second kappa shape index (κ2) is 5.65. The van der Waals surface area contributed by atoms with E-state index in [1.165, 1.54) is 31.2 Å². The van der Waals surface area contributed by atoms with Gasteiger partial charge in [-0.15, -0.1) is 0 Å². The fourth-order valence-electron chi connectivity index (χ4n) is 4.25. The lowest BCUT2D eigenvalue weighted by Crippen LogP contribution is -2.38. The zero-order chi connectivity index (χ0) is 14.1. The largest absolute Gasteiger partial charge is 0.285 e. The van der Waals surface area contributed by atoms with Crippen LogP contribution in [-0.2, 0) is 6.54 Å². The normalized spacial score (nSPS) is 28.4. The SMILES string of the molecule is C1=CCC2C(=C3CCCCC3N2Cc2ccccc2)C=C1. The van der Waals surface area contributed by atoms with Crippen LogP contribution in [0.2, 0.25) is 0 Å². The van der Waals surface area contributed by atoms with Gasteiger partial charge in [0.25, 0.3) is 0 Å². The first-order chi connectivity index (χ1) is 10.4. The van der Waals surface area contributed by atoms with Gasteiger partial charge in [-0.1, -0.05) is 61.1 Å². The molecule has 1 heteroatoms. The molecule has 1 aromatic carbocycles. The second-order valence-electron chi connectivity index (χ2n) is 6.44. The minimum atomic E-state index is 0.596. The molecule has 0 radical (unpaired) electrons. The van der Waals surface area contributed by atoms with Gasteiger partial charge in [0.1, 0.15) is 0 Å². The average molecular weight is 277 g/mol. The molecule has 1 aromatic rings. The van der Waals surface area contributed by atoms with Crippen LogP contribution in [0, 0.1) is 0 Å². The van der Waals surface area contributed by atoms with Crippen LogP contribution in [0.1, 0.15) is 37.7 Å². The summed E-state index contributed by atoms with van der Waals surface area (Å²) in [6.07, 6.45) is 15.8. The molecule has 0 aromatic heterocycles. The maximum absolute atomic E-state index is 2.76. The van der Waals surface area contributed by atoms with Gasteiger partial charge in [0, 0.05) is 18.6 Å². The zero-order valence-corrected chi connectivity index (χ0v) is 12.5. The van der Waals surface area contributed by atoms with Gasteiger partial charge < -0.3 is 0 Å². The zero-order valence-electron chi connectivity index (χ0n) is 12.5. The third-order valence-corrected chi connectivity index (χ3v) is 5.20. The van der Waals surface area contributed by atoms with Crippen LogP contribution in [0.5, 0.6) is 0 Å². The van der Waals surface area contributed by atoms with Gasteiger partial charge in [-0.05, 0) is 42.4 Å². The van der Waals surface area contributed by atoms with Gasteiger partial charge in [0.15, 0.2) is 0 Å². The number of fused-ring (bicyclic) bond motifs is 2. The summed E-state index contributed by atoms with van der Waals surface area (Å²) < 4.78 is 0. The van der Waals surface area contributed by atoms with Crippen LogP contribution in [-0.4, -0.2) is 17.0 Å². The smallest absolute Gasteiger partial charge is 0.0392 e. The van der Waals surface area contributed by atoms with E-state index in [0.29, 0.717) is 12.1 Å². The molecule has 1 fully saturated rings. The van der Waals surface area contributed by atoms with E-state index in [2.05, 4.69) is 59.5 Å². The molecular formula is C20H23N. The first-order valence-electron chi connectivity index (χ1n) is 8.29. The van der Waals surface area contributed by atoms with Gasteiger partial charge in [-0.2, -0.15) is 0 Å². The predicted octanol–water partition coefficient (Wildman–Crippen LogP) is 4.63. The van der Waals surface area contributed by atoms with Gasteiger partial charge in [0.05, 0.1) is 0 Å². The molecule has 1 aliphatic heterocycles. The molecule has 1 nitrogen and oxygen atoms in total. The molecule has 0 bridgehead atoms. The Bertz CT molecular complexity index is 594. The summed E-state index contributed by atoms with van der Waals surface area (Å²) in [5.74, 6) is 0. The first kappa shape index (κ1) is 13.1. The minimum Gasteiger partial charge on any atom is -0.285 e. The minimum absolute atomic E-state index is 0.596. The van der Waals surface area contributed by atoms with E-state index < -0.39 is 0 Å². The van der Waals surface area contributed by atoms with E-state index in [1.807, 2.05) is 0 Å².